The molecule has 5 heteroatoms. The smallest absolute Gasteiger partial charge is 0.198 e. The maximum absolute atomic E-state index is 5.32. The first-order chi connectivity index (χ1) is 34.3. The van der Waals surface area contributed by atoms with E-state index in [2.05, 4.69) is 226 Å². The van der Waals surface area contributed by atoms with Crippen LogP contribution in [0.15, 0.2) is 140 Å². The highest BCUT2D eigenvalue weighted by Gasteiger charge is 2.44. The standard InChI is InChI=1S/C67H62BN3S/c1-63(2,3)38-21-23-39(24-22-38)69-55-33-50-44(45-31-52-53(32-49(45)67(50,10)11)65(6,7)28-27-64(52,4)5)29-46(55)41-25-26-42-47-30-43-40-19-15-16-20-48(40)66(8,9)51(43)34-57(47)71-58-36-59-56(35-54(58)68-60(41)61(42)71)70-62(72-59)37-17-13-12-14-18-37/h12-26,29-36,68-69H,27-28H2,1-11H3. The molecule has 0 atom stereocenters. The van der Waals surface area contributed by atoms with Crippen molar-refractivity contribution < 1.29 is 0 Å². The highest BCUT2D eigenvalue weighted by atomic mass is 32.1. The minimum atomic E-state index is -0.184. The van der Waals surface area contributed by atoms with Crippen molar-refractivity contribution in [1.29, 1.82) is 0 Å². The van der Waals surface area contributed by atoms with E-state index in [1.54, 1.807) is 11.3 Å². The van der Waals surface area contributed by atoms with Crippen LogP contribution in [0.5, 0.6) is 0 Å². The summed E-state index contributed by atoms with van der Waals surface area (Å²) in [6.07, 6.45) is 2.39. The topological polar surface area (TPSA) is 29.9 Å². The molecule has 1 N–H and O–H groups in total. The first-order valence-corrected chi connectivity index (χ1v) is 27.1. The molecule has 0 saturated carbocycles. The molecule has 14 rings (SSSR count). The average molecular weight is 952 g/mol. The van der Waals surface area contributed by atoms with Gasteiger partial charge in [-0.2, -0.15) is 0 Å². The summed E-state index contributed by atoms with van der Waals surface area (Å²) >= 11 is 1.80. The number of aromatic nitrogens is 2. The Bertz CT molecular complexity index is 4000. The van der Waals surface area contributed by atoms with Gasteiger partial charge in [0.1, 0.15) is 5.01 Å². The second-order valence-corrected chi connectivity index (χ2v) is 26.2. The Hall–Kier alpha value is -6.69. The summed E-state index contributed by atoms with van der Waals surface area (Å²) in [6.45, 7) is 26.4. The molecule has 0 radical (unpaired) electrons. The fourth-order valence-corrected chi connectivity index (χ4v) is 14.7. The molecule has 3 heterocycles. The number of benzene rings is 8. The van der Waals surface area contributed by atoms with Gasteiger partial charge in [0.2, 0.25) is 0 Å². The van der Waals surface area contributed by atoms with E-state index in [0.29, 0.717) is 0 Å². The molecule has 3 aliphatic carbocycles. The minimum Gasteiger partial charge on any atom is -0.355 e. The monoisotopic (exact) mass is 951 g/mol. The highest BCUT2D eigenvalue weighted by Crippen LogP contribution is 2.57. The molecule has 0 amide bonds. The molecular formula is C67H62BN3S. The summed E-state index contributed by atoms with van der Waals surface area (Å²) in [7, 11) is 0.802. The molecule has 8 aromatic carbocycles. The van der Waals surface area contributed by atoms with Crippen LogP contribution in [0.1, 0.15) is 128 Å². The van der Waals surface area contributed by atoms with Crippen molar-refractivity contribution >= 4 is 72.9 Å². The van der Waals surface area contributed by atoms with Crippen LogP contribution in [0.25, 0.3) is 81.7 Å². The normalized spacial score (nSPS) is 17.0. The molecular weight excluding hydrogens is 890 g/mol. The van der Waals surface area contributed by atoms with Crippen molar-refractivity contribution in [3.63, 3.8) is 0 Å². The SMILES string of the molecule is CC(C)(C)c1ccc(Nc2cc3c(cc2-c2ccc4c5cc6c(cc5n5c4c2Bc2cc4nc(-c7ccccc7)sc4cc2-5)C(C)(C)c2ccccc2-6)-c2cc4c(cc2C3(C)C)C(C)(C)CCC4(C)C)cc1. The number of thiazole rings is 1. The number of nitrogens with zero attached hydrogens (tertiary/aromatic N) is 2. The molecule has 0 bridgehead atoms. The molecule has 0 spiro atoms. The number of fused-ring (bicyclic) bond motifs is 13. The fraction of sp³-hybridized carbons (Fsp3) is 0.269. The molecule has 354 valence electrons. The third-order valence-electron chi connectivity index (χ3n) is 18.1. The van der Waals surface area contributed by atoms with Gasteiger partial charge >= 0.3 is 0 Å². The zero-order valence-electron chi connectivity index (χ0n) is 43.7. The second kappa shape index (κ2) is 14.5. The highest BCUT2D eigenvalue weighted by molar-refractivity contribution is 7.21. The summed E-state index contributed by atoms with van der Waals surface area (Å²) < 4.78 is 3.86. The molecule has 3 nitrogen and oxygen atoms in total. The number of hydrogen-bond donors (Lipinski definition) is 1. The predicted molar refractivity (Wildman–Crippen MR) is 310 cm³/mol. The lowest BCUT2D eigenvalue weighted by Gasteiger charge is -2.42. The van der Waals surface area contributed by atoms with Gasteiger partial charge in [0.25, 0.3) is 0 Å². The number of hydrogen-bond acceptors (Lipinski definition) is 3. The van der Waals surface area contributed by atoms with E-state index in [1.165, 1.54) is 128 Å². The molecule has 72 heavy (non-hydrogen) atoms. The molecule has 1 aliphatic heterocycles. The maximum atomic E-state index is 5.32. The van der Waals surface area contributed by atoms with Gasteiger partial charge in [-0.15, -0.1) is 11.3 Å². The zero-order valence-corrected chi connectivity index (χ0v) is 44.5. The van der Waals surface area contributed by atoms with E-state index in [0.717, 1.165) is 34.7 Å². The van der Waals surface area contributed by atoms with Crippen molar-refractivity contribution in [3.8, 4) is 49.6 Å². The lowest BCUT2D eigenvalue weighted by Crippen LogP contribution is -2.37. The zero-order chi connectivity index (χ0) is 49.6. The van der Waals surface area contributed by atoms with Gasteiger partial charge in [-0.05, 0) is 156 Å². The van der Waals surface area contributed by atoms with E-state index in [4.69, 9.17) is 4.98 Å². The van der Waals surface area contributed by atoms with E-state index < -0.39 is 0 Å². The third kappa shape index (κ3) is 6.13. The van der Waals surface area contributed by atoms with Gasteiger partial charge in [-0.1, -0.05) is 167 Å². The Labute approximate surface area is 429 Å². The molecule has 10 aromatic rings. The molecule has 0 unspecified atom stereocenters. The van der Waals surface area contributed by atoms with Crippen LogP contribution in [-0.2, 0) is 27.1 Å². The van der Waals surface area contributed by atoms with Crippen molar-refractivity contribution in [3.05, 3.63) is 178 Å². The maximum Gasteiger partial charge on any atom is 0.198 e. The van der Waals surface area contributed by atoms with E-state index in [-0.39, 0.29) is 27.1 Å². The fourth-order valence-electron chi connectivity index (χ4n) is 13.7. The lowest BCUT2D eigenvalue weighted by atomic mass is 9.59. The Morgan fingerprint density at radius 3 is 1.96 bits per heavy atom. The lowest BCUT2D eigenvalue weighted by molar-refractivity contribution is 0.331. The van der Waals surface area contributed by atoms with Crippen molar-refractivity contribution in [2.45, 2.75) is 116 Å². The largest absolute Gasteiger partial charge is 0.355 e. The van der Waals surface area contributed by atoms with Gasteiger partial charge in [-0.3, -0.25) is 0 Å². The summed E-state index contributed by atoms with van der Waals surface area (Å²) in [5.41, 5.74) is 29.0. The summed E-state index contributed by atoms with van der Waals surface area (Å²) in [4.78, 5) is 5.32. The number of nitrogens with one attached hydrogen (secondary N) is 1. The Morgan fingerprint density at radius 2 is 1.21 bits per heavy atom. The summed E-state index contributed by atoms with van der Waals surface area (Å²) in [5.74, 6) is 0. The Kier molecular flexibility index (Phi) is 8.88. The molecule has 4 aliphatic rings. The van der Waals surface area contributed by atoms with Gasteiger partial charge in [-0.25, -0.2) is 4.98 Å². The molecule has 0 saturated heterocycles. The van der Waals surface area contributed by atoms with Crippen LogP contribution in [0, 0.1) is 0 Å². The van der Waals surface area contributed by atoms with Crippen LogP contribution in [-0.4, -0.2) is 16.8 Å². The summed E-state index contributed by atoms with van der Waals surface area (Å²) in [6, 6.07) is 54.0. The second-order valence-electron chi connectivity index (χ2n) is 25.2. The Morgan fingerprint density at radius 1 is 0.556 bits per heavy atom. The van der Waals surface area contributed by atoms with E-state index in [9.17, 15) is 0 Å². The third-order valence-corrected chi connectivity index (χ3v) is 19.1. The van der Waals surface area contributed by atoms with Crippen molar-refractivity contribution in [2.24, 2.45) is 0 Å². The Balaban J connectivity index is 1.05. The minimum absolute atomic E-state index is 0.0642. The van der Waals surface area contributed by atoms with E-state index >= 15 is 0 Å². The van der Waals surface area contributed by atoms with E-state index in [1.807, 2.05) is 0 Å². The summed E-state index contributed by atoms with van der Waals surface area (Å²) in [5, 5.41) is 7.76. The first kappa shape index (κ1) is 44.1. The van der Waals surface area contributed by atoms with Crippen LogP contribution >= 0.6 is 11.3 Å². The van der Waals surface area contributed by atoms with Gasteiger partial charge in [0.15, 0.2) is 7.28 Å². The number of anilines is 2. The van der Waals surface area contributed by atoms with Crippen molar-refractivity contribution in [2.75, 3.05) is 5.32 Å². The predicted octanol–water partition coefficient (Wildman–Crippen LogP) is 16.4. The number of rotatable bonds is 4. The quantitative estimate of drug-likeness (QED) is 0.178. The van der Waals surface area contributed by atoms with Crippen LogP contribution in [0.4, 0.5) is 11.4 Å². The van der Waals surface area contributed by atoms with Crippen LogP contribution < -0.4 is 16.2 Å². The van der Waals surface area contributed by atoms with Gasteiger partial charge in [0, 0.05) is 55.3 Å². The van der Waals surface area contributed by atoms with Gasteiger partial charge < -0.3 is 9.88 Å². The van der Waals surface area contributed by atoms with Crippen molar-refractivity contribution in [1.82, 2.24) is 9.55 Å². The van der Waals surface area contributed by atoms with Crippen LogP contribution in [0.2, 0.25) is 0 Å². The first-order valence-electron chi connectivity index (χ1n) is 26.3. The molecule has 2 aromatic heterocycles. The average Bonchev–Trinajstić information content (AvgIpc) is 4.05. The molecule has 0 fully saturated rings. The van der Waals surface area contributed by atoms with Crippen LogP contribution in [0.3, 0.4) is 0 Å². The van der Waals surface area contributed by atoms with Gasteiger partial charge in [0.05, 0.1) is 15.7 Å².